The van der Waals surface area contributed by atoms with E-state index in [-0.39, 0.29) is 45.4 Å². The Balaban J connectivity index is 1.46. The molecule has 2 saturated carbocycles. The van der Waals surface area contributed by atoms with Crippen LogP contribution in [0.15, 0.2) is 30.3 Å². The van der Waals surface area contributed by atoms with Crippen molar-refractivity contribution in [1.29, 1.82) is 0 Å². The maximum atomic E-state index is 13.4. The molecule has 4 atom stereocenters. The minimum Gasteiger partial charge on any atom is -0.459 e. The molecule has 178 valence electrons. The third-order valence-electron chi connectivity index (χ3n) is 7.60. The molecule has 2 unspecified atom stereocenters. The number of nitrogens with one attached hydrogen (secondary N) is 1. The smallest absolute Gasteiger partial charge is 0.340 e. The van der Waals surface area contributed by atoms with Crippen LogP contribution in [0.25, 0.3) is 0 Å². The van der Waals surface area contributed by atoms with E-state index in [0.717, 1.165) is 38.5 Å². The number of carbonyl (C=O) groups excluding carboxylic acids is 3. The molecule has 3 N–H and O–H groups in total. The first kappa shape index (κ1) is 22.9. The van der Waals surface area contributed by atoms with E-state index in [2.05, 4.69) is 5.32 Å². The van der Waals surface area contributed by atoms with Crippen molar-refractivity contribution in [1.82, 2.24) is 0 Å². The maximum Gasteiger partial charge on any atom is 0.340 e. The summed E-state index contributed by atoms with van der Waals surface area (Å²) in [6.45, 7) is 2.40. The average Bonchev–Trinajstić information content (AvgIpc) is 2.83. The van der Waals surface area contributed by atoms with E-state index in [1.54, 1.807) is 30.3 Å². The number of hydrogen-bond donors (Lipinski definition) is 2. The zero-order chi connectivity index (χ0) is 24.0. The number of carbonyl (C=O) groups is 3. The monoisotopic (exact) mass is 480 g/mol. The summed E-state index contributed by atoms with van der Waals surface area (Å²) < 4.78 is 5.91. The van der Waals surface area contributed by atoms with Gasteiger partial charge < -0.3 is 15.8 Å². The number of ketones is 2. The summed E-state index contributed by atoms with van der Waals surface area (Å²) in [7, 11) is 0. The Hall–Kier alpha value is -2.86. The fraction of sp³-hybridized carbons (Fsp3) is 0.444. The van der Waals surface area contributed by atoms with Crippen LogP contribution in [-0.2, 0) is 4.74 Å². The Labute approximate surface area is 204 Å². The largest absolute Gasteiger partial charge is 0.459 e. The van der Waals surface area contributed by atoms with Crippen LogP contribution in [0, 0.1) is 11.8 Å². The zero-order valence-corrected chi connectivity index (χ0v) is 20.0. The summed E-state index contributed by atoms with van der Waals surface area (Å²) in [6.07, 6.45) is 5.55. The predicted molar refractivity (Wildman–Crippen MR) is 132 cm³/mol. The zero-order valence-electron chi connectivity index (χ0n) is 19.2. The summed E-state index contributed by atoms with van der Waals surface area (Å²) in [5.74, 6) is -0.0524. The van der Waals surface area contributed by atoms with E-state index in [1.165, 1.54) is 0 Å². The van der Waals surface area contributed by atoms with Crippen molar-refractivity contribution >= 4 is 40.5 Å². The SMILES string of the molecule is CCNc1cc(C(=O)O[C@@H]2CC[C@@H]3CC(Cl)CCC3C2)c(N)c2c1C(=O)c1ccccc1C2=O. The summed E-state index contributed by atoms with van der Waals surface area (Å²) in [5, 5.41) is 3.39. The lowest BCUT2D eigenvalue weighted by molar-refractivity contribution is -0.000551. The number of anilines is 2. The second-order valence-electron chi connectivity index (χ2n) is 9.64. The quantitative estimate of drug-likeness (QED) is 0.302. The van der Waals surface area contributed by atoms with E-state index < -0.39 is 5.97 Å². The number of esters is 1. The van der Waals surface area contributed by atoms with Crippen molar-refractivity contribution < 1.29 is 19.1 Å². The van der Waals surface area contributed by atoms with Crippen molar-refractivity contribution in [3.05, 3.63) is 58.1 Å². The van der Waals surface area contributed by atoms with E-state index in [4.69, 9.17) is 22.1 Å². The third kappa shape index (κ3) is 3.88. The number of halogens is 1. The predicted octanol–water partition coefficient (Wildman–Crippen LogP) is 5.21. The first-order chi connectivity index (χ1) is 16.4. The topological polar surface area (TPSA) is 98.5 Å². The number of benzene rings is 2. The molecule has 0 amide bonds. The van der Waals surface area contributed by atoms with Crippen LogP contribution in [0.2, 0.25) is 0 Å². The Morgan fingerprint density at radius 2 is 1.68 bits per heavy atom. The van der Waals surface area contributed by atoms with Gasteiger partial charge in [0.15, 0.2) is 11.6 Å². The molecule has 2 aromatic carbocycles. The fourth-order valence-electron chi connectivity index (χ4n) is 5.93. The summed E-state index contributed by atoms with van der Waals surface area (Å²) in [6, 6.07) is 8.25. The fourth-order valence-corrected chi connectivity index (χ4v) is 6.28. The van der Waals surface area contributed by atoms with Crippen LogP contribution in [0.1, 0.15) is 87.6 Å². The van der Waals surface area contributed by atoms with E-state index in [0.29, 0.717) is 35.2 Å². The summed E-state index contributed by atoms with van der Waals surface area (Å²) in [5.41, 5.74) is 7.89. The molecule has 0 aliphatic heterocycles. The van der Waals surface area contributed by atoms with Crippen LogP contribution in [0.3, 0.4) is 0 Å². The minimum absolute atomic E-state index is 0.00541. The highest BCUT2D eigenvalue weighted by atomic mass is 35.5. The van der Waals surface area contributed by atoms with Crippen molar-refractivity contribution in [3.63, 3.8) is 0 Å². The maximum absolute atomic E-state index is 13.4. The van der Waals surface area contributed by atoms with Gasteiger partial charge in [-0.1, -0.05) is 24.3 Å². The standard InChI is InChI=1S/C27H29ClN2O4/c1-2-30-21-13-20(27(33)34-17-10-8-14-11-16(28)9-7-15(14)12-17)24(29)23-22(21)25(31)18-5-3-4-6-19(18)26(23)32/h3-6,13-17,30H,2,7-12,29H2,1H3/t14-,15?,16?,17-/m1/s1. The van der Waals surface area contributed by atoms with Crippen molar-refractivity contribution in [2.24, 2.45) is 11.8 Å². The van der Waals surface area contributed by atoms with Gasteiger partial charge in [-0.3, -0.25) is 9.59 Å². The van der Waals surface area contributed by atoms with Crippen LogP contribution in [0.5, 0.6) is 0 Å². The van der Waals surface area contributed by atoms with Gasteiger partial charge in [0.05, 0.1) is 22.4 Å². The molecular weight excluding hydrogens is 452 g/mol. The van der Waals surface area contributed by atoms with Gasteiger partial charge in [-0.15, -0.1) is 11.6 Å². The molecule has 0 bridgehead atoms. The Morgan fingerprint density at radius 3 is 2.38 bits per heavy atom. The Bertz CT molecular complexity index is 1180. The molecule has 0 aromatic heterocycles. The highest BCUT2D eigenvalue weighted by Crippen LogP contribution is 2.43. The van der Waals surface area contributed by atoms with Gasteiger partial charge >= 0.3 is 5.97 Å². The number of rotatable bonds is 4. The van der Waals surface area contributed by atoms with E-state index >= 15 is 0 Å². The van der Waals surface area contributed by atoms with Gasteiger partial charge in [0.1, 0.15) is 6.10 Å². The molecule has 2 fully saturated rings. The lowest BCUT2D eigenvalue weighted by Crippen LogP contribution is -2.35. The normalized spacial score (nSPS) is 25.7. The van der Waals surface area contributed by atoms with Gasteiger partial charge in [-0.25, -0.2) is 4.79 Å². The Kier molecular flexibility index (Phi) is 6.11. The first-order valence-corrected chi connectivity index (χ1v) is 12.6. The van der Waals surface area contributed by atoms with Gasteiger partial charge in [-0.2, -0.15) is 0 Å². The molecule has 6 nitrogen and oxygen atoms in total. The van der Waals surface area contributed by atoms with Crippen molar-refractivity contribution in [3.8, 4) is 0 Å². The molecule has 0 heterocycles. The van der Waals surface area contributed by atoms with Crippen molar-refractivity contribution in [2.75, 3.05) is 17.6 Å². The molecule has 0 radical (unpaired) electrons. The minimum atomic E-state index is -0.548. The summed E-state index contributed by atoms with van der Waals surface area (Å²) in [4.78, 5) is 39.9. The van der Waals surface area contributed by atoms with Crippen LogP contribution >= 0.6 is 11.6 Å². The molecule has 0 spiro atoms. The number of fused-ring (bicyclic) bond motifs is 3. The lowest BCUT2D eigenvalue weighted by Gasteiger charge is -2.40. The van der Waals surface area contributed by atoms with Crippen LogP contribution < -0.4 is 11.1 Å². The average molecular weight is 481 g/mol. The molecule has 7 heteroatoms. The highest BCUT2D eigenvalue weighted by molar-refractivity contribution is 6.32. The lowest BCUT2D eigenvalue weighted by atomic mass is 9.70. The molecule has 2 aromatic rings. The number of ether oxygens (including phenoxy) is 1. The van der Waals surface area contributed by atoms with Crippen LogP contribution in [0.4, 0.5) is 11.4 Å². The Morgan fingerprint density at radius 1 is 1.03 bits per heavy atom. The molecule has 34 heavy (non-hydrogen) atoms. The number of alkyl halides is 1. The number of nitrogen functional groups attached to an aromatic ring is 1. The van der Waals surface area contributed by atoms with Gasteiger partial charge in [-0.05, 0) is 63.4 Å². The number of nitrogens with two attached hydrogens (primary N) is 1. The molecule has 3 aliphatic rings. The van der Waals surface area contributed by atoms with Crippen molar-refractivity contribution in [2.45, 2.75) is 56.9 Å². The van der Waals surface area contributed by atoms with Gasteiger partial charge in [0.25, 0.3) is 0 Å². The summed E-state index contributed by atoms with van der Waals surface area (Å²) >= 11 is 6.35. The molecular formula is C27H29ClN2O4. The third-order valence-corrected chi connectivity index (χ3v) is 8.00. The second-order valence-corrected chi connectivity index (χ2v) is 10.3. The van der Waals surface area contributed by atoms with E-state index in [1.807, 2.05) is 6.92 Å². The molecule has 5 rings (SSSR count). The highest BCUT2D eigenvalue weighted by Gasteiger charge is 2.38. The second kappa shape index (κ2) is 9.06. The molecule has 3 aliphatic carbocycles. The van der Waals surface area contributed by atoms with E-state index in [9.17, 15) is 14.4 Å². The van der Waals surface area contributed by atoms with Gasteiger partial charge in [0, 0.05) is 28.7 Å². The van der Waals surface area contributed by atoms with Crippen LogP contribution in [-0.4, -0.2) is 35.6 Å². The first-order valence-electron chi connectivity index (χ1n) is 12.1. The number of hydrogen-bond acceptors (Lipinski definition) is 6. The van der Waals surface area contributed by atoms with Gasteiger partial charge in [0.2, 0.25) is 0 Å². The molecule has 0 saturated heterocycles.